The van der Waals surface area contributed by atoms with E-state index in [-0.39, 0.29) is 36.4 Å². The lowest BCUT2D eigenvalue weighted by Crippen LogP contribution is -2.50. The Balaban J connectivity index is 1.52. The molecule has 1 N–H and O–H groups in total. The van der Waals surface area contributed by atoms with Gasteiger partial charge in [0, 0.05) is 38.6 Å². The highest BCUT2D eigenvalue weighted by atomic mass is 32.1. The van der Waals surface area contributed by atoms with Crippen molar-refractivity contribution in [3.05, 3.63) is 58.0 Å². The number of hydrogen-bond donors (Lipinski definition) is 1. The van der Waals surface area contributed by atoms with Gasteiger partial charge in [-0.1, -0.05) is 18.2 Å². The van der Waals surface area contributed by atoms with E-state index in [0.29, 0.717) is 32.7 Å². The Morgan fingerprint density at radius 1 is 1.23 bits per heavy atom. The molecule has 1 saturated heterocycles. The Bertz CT molecular complexity index is 1020. The number of urea groups is 1. The van der Waals surface area contributed by atoms with Crippen LogP contribution in [-0.2, 0) is 9.53 Å². The fourth-order valence-electron chi connectivity index (χ4n) is 4.19. The van der Waals surface area contributed by atoms with Crippen LogP contribution in [0.25, 0.3) is 0 Å². The number of amides is 3. The summed E-state index contributed by atoms with van der Waals surface area (Å²) < 4.78 is 19.0. The average Bonchev–Trinajstić information content (AvgIpc) is 3.52. The van der Waals surface area contributed by atoms with Crippen LogP contribution in [-0.4, -0.2) is 84.4 Å². The fourth-order valence-corrected chi connectivity index (χ4v) is 4.91. The first-order valence-corrected chi connectivity index (χ1v) is 12.8. The van der Waals surface area contributed by atoms with Crippen molar-refractivity contribution >= 4 is 29.0 Å². The number of nitrogens with zero attached hydrogens (tertiary/aromatic N) is 4. The minimum Gasteiger partial charge on any atom is -0.379 e. The predicted molar refractivity (Wildman–Crippen MR) is 134 cm³/mol. The SMILES string of the molecule is CC(C)NC(=O)N(CCN1CCOCC1)CC(=O)N1N=C(c2cccs2)C[C@H]1c1ccc(F)cc1. The van der Waals surface area contributed by atoms with Crippen molar-refractivity contribution in [2.24, 2.45) is 5.10 Å². The second kappa shape index (κ2) is 11.7. The van der Waals surface area contributed by atoms with Gasteiger partial charge in [0.25, 0.3) is 5.91 Å². The molecule has 0 aliphatic carbocycles. The van der Waals surface area contributed by atoms with Crippen LogP contribution in [0.4, 0.5) is 9.18 Å². The largest absolute Gasteiger partial charge is 0.379 e. The number of thiophene rings is 1. The van der Waals surface area contributed by atoms with Crippen molar-refractivity contribution in [3.63, 3.8) is 0 Å². The van der Waals surface area contributed by atoms with Crippen LogP contribution >= 0.6 is 11.3 Å². The van der Waals surface area contributed by atoms with E-state index in [0.717, 1.165) is 29.2 Å². The third-order valence-electron chi connectivity index (χ3n) is 6.04. The molecule has 3 amide bonds. The van der Waals surface area contributed by atoms with E-state index in [4.69, 9.17) is 4.74 Å². The summed E-state index contributed by atoms with van der Waals surface area (Å²) in [6, 6.07) is 9.41. The minimum atomic E-state index is -0.352. The van der Waals surface area contributed by atoms with Crippen LogP contribution in [0.3, 0.4) is 0 Å². The molecule has 3 heterocycles. The monoisotopic (exact) mass is 501 g/mol. The number of morpholine rings is 1. The van der Waals surface area contributed by atoms with Gasteiger partial charge in [-0.3, -0.25) is 9.69 Å². The third-order valence-corrected chi connectivity index (χ3v) is 6.96. The standard InChI is InChI=1S/C25H32FN5O3S/c1-18(2)27-25(33)30(10-9-29-11-13-34-14-12-29)17-24(32)31-22(19-5-7-20(26)8-6-19)16-21(28-31)23-4-3-15-35-23/h3-8,15,18,22H,9-14,16-17H2,1-2H3,(H,27,33)/t22-/m0/s1. The first-order chi connectivity index (χ1) is 16.9. The van der Waals surface area contributed by atoms with Crippen LogP contribution in [0.2, 0.25) is 0 Å². The highest BCUT2D eigenvalue weighted by Crippen LogP contribution is 2.34. The smallest absolute Gasteiger partial charge is 0.318 e. The maximum Gasteiger partial charge on any atom is 0.318 e. The lowest BCUT2D eigenvalue weighted by Gasteiger charge is -2.31. The molecule has 1 fully saturated rings. The van der Waals surface area contributed by atoms with E-state index >= 15 is 0 Å². The summed E-state index contributed by atoms with van der Waals surface area (Å²) in [6.07, 6.45) is 0.532. The first kappa shape index (κ1) is 25.3. The van der Waals surface area contributed by atoms with E-state index in [1.807, 2.05) is 31.4 Å². The number of hydrazone groups is 1. The molecule has 1 aromatic heterocycles. The molecule has 2 aromatic rings. The Kier molecular flexibility index (Phi) is 8.48. The number of hydrogen-bond acceptors (Lipinski definition) is 6. The maximum absolute atomic E-state index is 13.6. The van der Waals surface area contributed by atoms with Crippen molar-refractivity contribution in [3.8, 4) is 0 Å². The molecule has 0 radical (unpaired) electrons. The highest BCUT2D eigenvalue weighted by molar-refractivity contribution is 7.12. The summed E-state index contributed by atoms with van der Waals surface area (Å²) in [6.45, 7) is 7.72. The molecule has 1 atom stereocenters. The second-order valence-corrected chi connectivity index (χ2v) is 9.96. The lowest BCUT2D eigenvalue weighted by atomic mass is 10.0. The number of carbonyl (C=O) groups excluding carboxylic acids is 2. The topological polar surface area (TPSA) is 77.5 Å². The van der Waals surface area contributed by atoms with Crippen molar-refractivity contribution in [2.45, 2.75) is 32.4 Å². The van der Waals surface area contributed by atoms with Crippen molar-refractivity contribution in [2.75, 3.05) is 45.9 Å². The van der Waals surface area contributed by atoms with Gasteiger partial charge < -0.3 is 15.0 Å². The number of benzene rings is 1. The zero-order chi connectivity index (χ0) is 24.8. The van der Waals surface area contributed by atoms with Crippen molar-refractivity contribution in [1.82, 2.24) is 20.1 Å². The molecule has 0 spiro atoms. The summed E-state index contributed by atoms with van der Waals surface area (Å²) in [5.74, 6) is -0.601. The molecule has 188 valence electrons. The molecular weight excluding hydrogens is 469 g/mol. The molecule has 4 rings (SSSR count). The number of ether oxygens (including phenoxy) is 1. The van der Waals surface area contributed by atoms with Gasteiger partial charge in [-0.15, -0.1) is 11.3 Å². The van der Waals surface area contributed by atoms with Crippen LogP contribution in [0.15, 0.2) is 46.9 Å². The lowest BCUT2D eigenvalue weighted by molar-refractivity contribution is -0.133. The van der Waals surface area contributed by atoms with Crippen LogP contribution in [0.5, 0.6) is 0 Å². The van der Waals surface area contributed by atoms with E-state index in [1.165, 1.54) is 17.1 Å². The molecule has 0 saturated carbocycles. The molecule has 35 heavy (non-hydrogen) atoms. The number of nitrogens with one attached hydrogen (secondary N) is 1. The van der Waals surface area contributed by atoms with Crippen molar-refractivity contribution < 1.29 is 18.7 Å². The van der Waals surface area contributed by atoms with Gasteiger partial charge in [-0.05, 0) is 43.0 Å². The van der Waals surface area contributed by atoms with E-state index < -0.39 is 0 Å². The zero-order valence-electron chi connectivity index (χ0n) is 20.2. The second-order valence-electron chi connectivity index (χ2n) is 9.01. The number of halogens is 1. The van der Waals surface area contributed by atoms with Crippen LogP contribution in [0.1, 0.15) is 36.8 Å². The molecule has 2 aliphatic rings. The molecule has 8 nitrogen and oxygen atoms in total. The Morgan fingerprint density at radius 2 is 1.97 bits per heavy atom. The summed E-state index contributed by atoms with van der Waals surface area (Å²) in [5.41, 5.74) is 1.62. The summed E-state index contributed by atoms with van der Waals surface area (Å²) in [7, 11) is 0. The first-order valence-electron chi connectivity index (χ1n) is 11.9. The maximum atomic E-state index is 13.6. The molecule has 10 heteroatoms. The van der Waals surface area contributed by atoms with Gasteiger partial charge in [0.1, 0.15) is 12.4 Å². The summed E-state index contributed by atoms with van der Waals surface area (Å²) in [4.78, 5) is 31.3. The molecule has 0 unspecified atom stereocenters. The van der Waals surface area contributed by atoms with Crippen LogP contribution in [0, 0.1) is 5.82 Å². The molecule has 0 bridgehead atoms. The van der Waals surface area contributed by atoms with E-state index in [9.17, 15) is 14.0 Å². The predicted octanol–water partition coefficient (Wildman–Crippen LogP) is 3.32. The number of rotatable bonds is 8. The van der Waals surface area contributed by atoms with Gasteiger partial charge >= 0.3 is 6.03 Å². The number of carbonyl (C=O) groups is 2. The van der Waals surface area contributed by atoms with Gasteiger partial charge in [0.2, 0.25) is 0 Å². The summed E-state index contributed by atoms with van der Waals surface area (Å²) in [5, 5.41) is 11.0. The minimum absolute atomic E-state index is 0.0503. The normalized spacial score (nSPS) is 18.6. The zero-order valence-corrected chi connectivity index (χ0v) is 21.0. The van der Waals surface area contributed by atoms with Gasteiger partial charge in [-0.25, -0.2) is 14.2 Å². The highest BCUT2D eigenvalue weighted by Gasteiger charge is 2.35. The van der Waals surface area contributed by atoms with Crippen LogP contribution < -0.4 is 5.32 Å². The molecular formula is C25H32FN5O3S. The van der Waals surface area contributed by atoms with E-state index in [1.54, 1.807) is 28.4 Å². The Hall–Kier alpha value is -2.82. The fraction of sp³-hybridized carbons (Fsp3) is 0.480. The molecule has 2 aliphatic heterocycles. The average molecular weight is 502 g/mol. The van der Waals surface area contributed by atoms with Gasteiger partial charge in [0.05, 0.1) is 29.8 Å². The van der Waals surface area contributed by atoms with Gasteiger partial charge in [0.15, 0.2) is 0 Å². The van der Waals surface area contributed by atoms with E-state index in [2.05, 4.69) is 15.3 Å². The molecule has 1 aromatic carbocycles. The Morgan fingerprint density at radius 3 is 2.63 bits per heavy atom. The third kappa shape index (κ3) is 6.65. The Labute approximate surface area is 209 Å². The van der Waals surface area contributed by atoms with Gasteiger partial charge in [-0.2, -0.15) is 5.10 Å². The quantitative estimate of drug-likeness (QED) is 0.602. The summed E-state index contributed by atoms with van der Waals surface area (Å²) >= 11 is 1.56. The van der Waals surface area contributed by atoms with Crippen molar-refractivity contribution in [1.29, 1.82) is 0 Å².